The van der Waals surface area contributed by atoms with Gasteiger partial charge in [-0.15, -0.1) is 10.2 Å². The number of benzene rings is 2. The van der Waals surface area contributed by atoms with E-state index in [-0.39, 0.29) is 5.91 Å². The summed E-state index contributed by atoms with van der Waals surface area (Å²) < 4.78 is 7.61. The highest BCUT2D eigenvalue weighted by Gasteiger charge is 2.22. The topological polar surface area (TPSA) is 64.2 Å². The maximum absolute atomic E-state index is 13.0. The lowest BCUT2D eigenvalue weighted by molar-refractivity contribution is -0.129. The maximum Gasteiger partial charge on any atom is 0.233 e. The summed E-state index contributed by atoms with van der Waals surface area (Å²) >= 11 is 1.43. The van der Waals surface area contributed by atoms with E-state index < -0.39 is 0 Å². The summed E-state index contributed by atoms with van der Waals surface area (Å²) in [5, 5.41) is 9.62. The predicted molar refractivity (Wildman–Crippen MR) is 124 cm³/mol. The normalized spacial score (nSPS) is 13.2. The van der Waals surface area contributed by atoms with E-state index in [1.807, 2.05) is 45.9 Å². The third-order valence-electron chi connectivity index (χ3n) is 5.80. The van der Waals surface area contributed by atoms with Gasteiger partial charge in [0.15, 0.2) is 11.0 Å². The van der Waals surface area contributed by atoms with Gasteiger partial charge in [0.25, 0.3) is 0 Å². The molecular formula is C25H24N4O2S. The van der Waals surface area contributed by atoms with Crippen molar-refractivity contribution in [2.45, 2.75) is 31.6 Å². The Hall–Kier alpha value is -3.32. The molecule has 0 radical (unpaired) electrons. The summed E-state index contributed by atoms with van der Waals surface area (Å²) in [5.74, 6) is 2.04. The number of nitrogens with zero attached hydrogens (tertiary/aromatic N) is 4. The van der Waals surface area contributed by atoms with E-state index in [0.717, 1.165) is 35.7 Å². The smallest absolute Gasteiger partial charge is 0.233 e. The number of hydrogen-bond donors (Lipinski definition) is 0. The van der Waals surface area contributed by atoms with Crippen LogP contribution in [0.15, 0.2) is 76.5 Å². The Balaban J connectivity index is 1.35. The molecule has 6 nitrogen and oxygen atoms in total. The fraction of sp³-hybridized carbons (Fsp3) is 0.240. The number of fused-ring (bicyclic) bond motifs is 1. The van der Waals surface area contributed by atoms with Gasteiger partial charge in [-0.1, -0.05) is 60.3 Å². The molecule has 0 aliphatic carbocycles. The Morgan fingerprint density at radius 3 is 2.66 bits per heavy atom. The highest BCUT2D eigenvalue weighted by Crippen LogP contribution is 2.28. The first-order chi connectivity index (χ1) is 15.7. The lowest BCUT2D eigenvalue weighted by Crippen LogP contribution is -2.37. The number of aryl methyl sites for hydroxylation is 1. The van der Waals surface area contributed by atoms with E-state index in [1.54, 1.807) is 6.26 Å². The Bertz CT molecular complexity index is 1230. The standard InChI is InChI=1S/C25H24N4O2S/c1-18-7-2-5-11-22(18)24-26-27-25(29(24)16-21-10-6-14-31-21)32-17-23(30)28-13-12-19-8-3-4-9-20(19)15-28/h2-11,14H,12-13,15-17H2,1H3. The van der Waals surface area contributed by atoms with Crippen molar-refractivity contribution in [1.29, 1.82) is 0 Å². The number of furan rings is 1. The summed E-state index contributed by atoms with van der Waals surface area (Å²) in [6, 6.07) is 20.3. The third kappa shape index (κ3) is 4.21. The van der Waals surface area contributed by atoms with E-state index in [4.69, 9.17) is 4.42 Å². The Morgan fingerprint density at radius 1 is 1.03 bits per heavy atom. The van der Waals surface area contributed by atoms with E-state index in [1.165, 1.54) is 22.9 Å². The second kappa shape index (κ2) is 9.04. The molecule has 0 N–H and O–H groups in total. The van der Waals surface area contributed by atoms with Crippen molar-refractivity contribution in [3.8, 4) is 11.4 Å². The van der Waals surface area contributed by atoms with Gasteiger partial charge in [-0.3, -0.25) is 9.36 Å². The van der Waals surface area contributed by atoms with Gasteiger partial charge in [-0.25, -0.2) is 0 Å². The van der Waals surface area contributed by atoms with Crippen molar-refractivity contribution in [2.75, 3.05) is 12.3 Å². The third-order valence-corrected chi connectivity index (χ3v) is 6.76. The van der Waals surface area contributed by atoms with E-state index >= 15 is 0 Å². The van der Waals surface area contributed by atoms with E-state index in [9.17, 15) is 4.79 Å². The van der Waals surface area contributed by atoms with Gasteiger partial charge in [0.1, 0.15) is 5.76 Å². The van der Waals surface area contributed by atoms with Crippen molar-refractivity contribution >= 4 is 17.7 Å². The summed E-state index contributed by atoms with van der Waals surface area (Å²) in [7, 11) is 0. The zero-order chi connectivity index (χ0) is 21.9. The van der Waals surface area contributed by atoms with Gasteiger partial charge >= 0.3 is 0 Å². The largest absolute Gasteiger partial charge is 0.467 e. The lowest BCUT2D eigenvalue weighted by atomic mass is 10.00. The van der Waals surface area contributed by atoms with Crippen LogP contribution >= 0.6 is 11.8 Å². The first-order valence-electron chi connectivity index (χ1n) is 10.7. The Labute approximate surface area is 191 Å². The fourth-order valence-electron chi connectivity index (χ4n) is 4.05. The molecule has 7 heteroatoms. The number of aromatic nitrogens is 3. The molecule has 162 valence electrons. The first-order valence-corrected chi connectivity index (χ1v) is 11.7. The molecule has 0 atom stereocenters. The highest BCUT2D eigenvalue weighted by molar-refractivity contribution is 7.99. The average Bonchev–Trinajstić information content (AvgIpc) is 3.48. The molecule has 2 aromatic carbocycles. The summed E-state index contributed by atoms with van der Waals surface area (Å²) in [4.78, 5) is 14.9. The van der Waals surface area contributed by atoms with Crippen molar-refractivity contribution in [1.82, 2.24) is 19.7 Å². The van der Waals surface area contributed by atoms with Crippen molar-refractivity contribution in [2.24, 2.45) is 0 Å². The van der Waals surface area contributed by atoms with Crippen LogP contribution in [0, 0.1) is 6.92 Å². The Kier molecular flexibility index (Phi) is 5.81. The van der Waals surface area contributed by atoms with Crippen LogP contribution in [0.3, 0.4) is 0 Å². The molecule has 32 heavy (non-hydrogen) atoms. The second-order valence-electron chi connectivity index (χ2n) is 7.91. The van der Waals surface area contributed by atoms with Crippen LogP contribution in [0.2, 0.25) is 0 Å². The average molecular weight is 445 g/mol. The molecular weight excluding hydrogens is 420 g/mol. The number of rotatable bonds is 6. The fourth-order valence-corrected chi connectivity index (χ4v) is 4.89. The molecule has 1 amide bonds. The minimum absolute atomic E-state index is 0.120. The van der Waals surface area contributed by atoms with Crippen LogP contribution in [-0.4, -0.2) is 37.9 Å². The molecule has 1 aliphatic rings. The van der Waals surface area contributed by atoms with Gasteiger partial charge in [0, 0.05) is 18.7 Å². The highest BCUT2D eigenvalue weighted by atomic mass is 32.2. The molecule has 0 unspecified atom stereocenters. The maximum atomic E-state index is 13.0. The Morgan fingerprint density at radius 2 is 1.84 bits per heavy atom. The van der Waals surface area contributed by atoms with Crippen LogP contribution in [0.4, 0.5) is 0 Å². The molecule has 2 aromatic heterocycles. The summed E-state index contributed by atoms with van der Waals surface area (Å²) in [6.45, 7) is 4.00. The van der Waals surface area contributed by atoms with Gasteiger partial charge < -0.3 is 9.32 Å². The minimum Gasteiger partial charge on any atom is -0.467 e. The van der Waals surface area contributed by atoms with Gasteiger partial charge in [-0.05, 0) is 42.2 Å². The molecule has 0 bridgehead atoms. The first kappa shape index (κ1) is 20.6. The van der Waals surface area contributed by atoms with Gasteiger partial charge in [0.2, 0.25) is 5.91 Å². The summed E-state index contributed by atoms with van der Waals surface area (Å²) in [6.07, 6.45) is 2.57. The monoisotopic (exact) mass is 444 g/mol. The van der Waals surface area contributed by atoms with Crippen molar-refractivity contribution in [3.63, 3.8) is 0 Å². The van der Waals surface area contributed by atoms with Crippen LogP contribution in [-0.2, 0) is 24.3 Å². The molecule has 0 spiro atoms. The number of carbonyl (C=O) groups is 1. The van der Waals surface area contributed by atoms with Crippen molar-refractivity contribution in [3.05, 3.63) is 89.4 Å². The van der Waals surface area contributed by atoms with E-state index in [0.29, 0.717) is 24.0 Å². The van der Waals surface area contributed by atoms with E-state index in [2.05, 4.69) is 41.4 Å². The lowest BCUT2D eigenvalue weighted by Gasteiger charge is -2.28. The zero-order valence-electron chi connectivity index (χ0n) is 17.9. The van der Waals surface area contributed by atoms with Crippen molar-refractivity contribution < 1.29 is 9.21 Å². The predicted octanol–water partition coefficient (Wildman–Crippen LogP) is 4.57. The molecule has 5 rings (SSSR count). The SMILES string of the molecule is Cc1ccccc1-c1nnc(SCC(=O)N2CCc3ccccc3C2)n1Cc1ccco1. The molecule has 0 fully saturated rings. The van der Waals surface area contributed by atoms with Crippen LogP contribution in [0.25, 0.3) is 11.4 Å². The van der Waals surface area contributed by atoms with Crippen LogP contribution < -0.4 is 0 Å². The number of thioether (sulfide) groups is 1. The van der Waals surface area contributed by atoms with Crippen LogP contribution in [0.5, 0.6) is 0 Å². The quantitative estimate of drug-likeness (QED) is 0.408. The minimum atomic E-state index is 0.120. The molecule has 0 saturated heterocycles. The zero-order valence-corrected chi connectivity index (χ0v) is 18.7. The number of hydrogen-bond acceptors (Lipinski definition) is 5. The summed E-state index contributed by atoms with van der Waals surface area (Å²) in [5.41, 5.74) is 4.72. The number of carbonyl (C=O) groups excluding carboxylic acids is 1. The second-order valence-corrected chi connectivity index (χ2v) is 8.85. The molecule has 4 aromatic rings. The molecule has 1 aliphatic heterocycles. The number of amides is 1. The van der Waals surface area contributed by atoms with Crippen LogP contribution in [0.1, 0.15) is 22.5 Å². The molecule has 3 heterocycles. The van der Waals surface area contributed by atoms with Gasteiger partial charge in [0.05, 0.1) is 18.6 Å². The van der Waals surface area contributed by atoms with Gasteiger partial charge in [-0.2, -0.15) is 0 Å². The molecule has 0 saturated carbocycles.